The molecule has 2 N–H and O–H groups in total. The van der Waals surface area contributed by atoms with Crippen molar-refractivity contribution in [3.63, 3.8) is 0 Å². The quantitative estimate of drug-likeness (QED) is 0.580. The molecule has 212 valence electrons. The van der Waals surface area contributed by atoms with E-state index < -0.39 is 5.82 Å². The van der Waals surface area contributed by atoms with Crippen molar-refractivity contribution in [1.29, 1.82) is 0 Å². The molecule has 1 saturated heterocycles. The average molecular weight is 537 g/mol. The van der Waals surface area contributed by atoms with Crippen molar-refractivity contribution in [3.8, 4) is 0 Å². The van der Waals surface area contributed by atoms with Gasteiger partial charge < -0.3 is 20.4 Å². The number of aromatic nitrogens is 1. The highest BCUT2D eigenvalue weighted by atomic mass is 19.1. The smallest absolute Gasteiger partial charge is 0.256 e. The van der Waals surface area contributed by atoms with Gasteiger partial charge in [0, 0.05) is 57.5 Å². The standard InChI is InChI=1S/C31H45FN6O/c1-22(2)35(3)31(39)28-18-25(32)6-9-29(28)38-17-16-37(21-24-10-13-34-19-30(24)38)27-11-14-36(15-12-27)20-23-4-7-26(33)8-5-23/h6,9-10,13,18-19,22-23,26-27H,4-5,7-8,11-12,14-17,20-21,33H2,1-3H3. The number of amides is 1. The van der Waals surface area contributed by atoms with E-state index in [9.17, 15) is 9.18 Å². The molecule has 0 atom stereocenters. The van der Waals surface area contributed by atoms with E-state index in [4.69, 9.17) is 5.73 Å². The van der Waals surface area contributed by atoms with Gasteiger partial charge in [-0.05, 0) is 101 Å². The van der Waals surface area contributed by atoms with Crippen molar-refractivity contribution in [3.05, 3.63) is 53.6 Å². The molecular formula is C31H45FN6O. The van der Waals surface area contributed by atoms with Gasteiger partial charge in [-0.25, -0.2) is 4.39 Å². The molecule has 3 aliphatic rings. The zero-order chi connectivity index (χ0) is 27.5. The summed E-state index contributed by atoms with van der Waals surface area (Å²) in [5.74, 6) is 0.234. The SMILES string of the molecule is CC(C)N(C)C(=O)c1cc(F)ccc1N1CCN(C2CCN(CC3CCC(N)CC3)CC2)Cc2ccncc21. The Kier molecular flexibility index (Phi) is 8.84. The van der Waals surface area contributed by atoms with E-state index in [-0.39, 0.29) is 11.9 Å². The Balaban J connectivity index is 1.31. The second-order valence-corrected chi connectivity index (χ2v) is 12.1. The molecule has 1 aromatic heterocycles. The van der Waals surface area contributed by atoms with Crippen molar-refractivity contribution < 1.29 is 9.18 Å². The van der Waals surface area contributed by atoms with Gasteiger partial charge in [-0.15, -0.1) is 0 Å². The van der Waals surface area contributed by atoms with Crippen molar-refractivity contribution in [2.75, 3.05) is 44.7 Å². The van der Waals surface area contributed by atoms with Crippen LogP contribution in [-0.2, 0) is 6.54 Å². The molecule has 0 radical (unpaired) electrons. The summed E-state index contributed by atoms with van der Waals surface area (Å²) in [5, 5.41) is 0. The topological polar surface area (TPSA) is 68.9 Å². The first-order chi connectivity index (χ1) is 18.8. The van der Waals surface area contributed by atoms with Crippen LogP contribution in [0.15, 0.2) is 36.7 Å². The van der Waals surface area contributed by atoms with Crippen molar-refractivity contribution >= 4 is 17.3 Å². The van der Waals surface area contributed by atoms with E-state index in [0.29, 0.717) is 17.6 Å². The summed E-state index contributed by atoms with van der Waals surface area (Å²) in [4.78, 5) is 27.0. The molecule has 1 aromatic carbocycles. The third-order valence-corrected chi connectivity index (χ3v) is 9.22. The monoisotopic (exact) mass is 536 g/mol. The zero-order valence-electron chi connectivity index (χ0n) is 23.9. The minimum Gasteiger partial charge on any atom is -0.339 e. The lowest BCUT2D eigenvalue weighted by atomic mass is 9.85. The Labute approximate surface area is 233 Å². The van der Waals surface area contributed by atoms with Gasteiger partial charge in [0.2, 0.25) is 0 Å². The maximum atomic E-state index is 14.4. The lowest BCUT2D eigenvalue weighted by Crippen LogP contribution is -2.47. The Hall–Kier alpha value is -2.55. The Morgan fingerprint density at radius 1 is 1.05 bits per heavy atom. The van der Waals surface area contributed by atoms with E-state index >= 15 is 0 Å². The molecule has 2 fully saturated rings. The maximum absolute atomic E-state index is 14.4. The first-order valence-electron chi connectivity index (χ1n) is 14.8. The Morgan fingerprint density at radius 2 is 1.79 bits per heavy atom. The number of rotatable bonds is 6. The molecule has 3 heterocycles. The second kappa shape index (κ2) is 12.3. The number of nitrogens with zero attached hydrogens (tertiary/aromatic N) is 5. The van der Waals surface area contributed by atoms with E-state index in [0.717, 1.165) is 50.0 Å². The summed E-state index contributed by atoms with van der Waals surface area (Å²) in [7, 11) is 1.77. The summed E-state index contributed by atoms with van der Waals surface area (Å²) in [6, 6.07) is 7.63. The number of carbonyl (C=O) groups excluding carboxylic acids is 1. The van der Waals surface area contributed by atoms with E-state index in [1.807, 2.05) is 26.2 Å². The fourth-order valence-corrected chi connectivity index (χ4v) is 6.54. The zero-order valence-corrected chi connectivity index (χ0v) is 23.9. The number of fused-ring (bicyclic) bond motifs is 1. The number of pyridine rings is 1. The highest BCUT2D eigenvalue weighted by molar-refractivity contribution is 6.00. The van der Waals surface area contributed by atoms with Crippen LogP contribution in [0.2, 0.25) is 0 Å². The molecule has 2 aromatic rings. The molecule has 0 bridgehead atoms. The number of carbonyl (C=O) groups is 1. The molecule has 2 aliphatic heterocycles. The van der Waals surface area contributed by atoms with Gasteiger partial charge in [-0.3, -0.25) is 14.7 Å². The minimum absolute atomic E-state index is 0.0174. The summed E-state index contributed by atoms with van der Waals surface area (Å²) in [6.07, 6.45) is 11.0. The molecule has 8 heteroatoms. The predicted molar refractivity (Wildman–Crippen MR) is 155 cm³/mol. The van der Waals surface area contributed by atoms with Gasteiger partial charge in [-0.1, -0.05) is 0 Å². The highest BCUT2D eigenvalue weighted by Crippen LogP contribution is 2.35. The normalized spacial score (nSPS) is 23.5. The second-order valence-electron chi connectivity index (χ2n) is 12.1. The van der Waals surface area contributed by atoms with Crippen LogP contribution >= 0.6 is 0 Å². The van der Waals surface area contributed by atoms with Crippen LogP contribution in [0.4, 0.5) is 15.8 Å². The maximum Gasteiger partial charge on any atom is 0.256 e. The van der Waals surface area contributed by atoms with Crippen molar-refractivity contribution in [2.24, 2.45) is 11.7 Å². The lowest BCUT2D eigenvalue weighted by molar-refractivity contribution is 0.0755. The number of benzene rings is 1. The molecule has 0 spiro atoms. The van der Waals surface area contributed by atoms with Crippen LogP contribution in [0.25, 0.3) is 0 Å². The van der Waals surface area contributed by atoms with Crippen LogP contribution in [-0.4, -0.2) is 83.5 Å². The van der Waals surface area contributed by atoms with Gasteiger partial charge >= 0.3 is 0 Å². The van der Waals surface area contributed by atoms with E-state index in [2.05, 4.69) is 25.8 Å². The van der Waals surface area contributed by atoms with Crippen LogP contribution in [0, 0.1) is 11.7 Å². The van der Waals surface area contributed by atoms with Gasteiger partial charge in [0.15, 0.2) is 0 Å². The summed E-state index contributed by atoms with van der Waals surface area (Å²) < 4.78 is 14.4. The molecule has 5 rings (SSSR count). The number of nitrogens with two attached hydrogens (primary N) is 1. The number of anilines is 2. The van der Waals surface area contributed by atoms with Gasteiger partial charge in [0.25, 0.3) is 5.91 Å². The Morgan fingerprint density at radius 3 is 2.51 bits per heavy atom. The van der Waals surface area contributed by atoms with Crippen LogP contribution < -0.4 is 10.6 Å². The van der Waals surface area contributed by atoms with Gasteiger partial charge in [0.1, 0.15) is 5.82 Å². The molecule has 7 nitrogen and oxygen atoms in total. The molecule has 1 amide bonds. The molecule has 39 heavy (non-hydrogen) atoms. The molecule has 0 unspecified atom stereocenters. The summed E-state index contributed by atoms with van der Waals surface area (Å²) in [5.41, 5.74) is 9.45. The third-order valence-electron chi connectivity index (χ3n) is 9.22. The number of piperidine rings is 1. The summed E-state index contributed by atoms with van der Waals surface area (Å²) >= 11 is 0. The third kappa shape index (κ3) is 6.44. The van der Waals surface area contributed by atoms with Gasteiger partial charge in [-0.2, -0.15) is 0 Å². The molecular weight excluding hydrogens is 491 g/mol. The fraction of sp³-hybridized carbons (Fsp3) is 0.613. The average Bonchev–Trinajstić information content (AvgIpc) is 3.14. The first-order valence-corrected chi connectivity index (χ1v) is 14.8. The minimum atomic E-state index is -0.398. The number of hydrogen-bond acceptors (Lipinski definition) is 6. The largest absolute Gasteiger partial charge is 0.339 e. The number of likely N-dealkylation sites (tertiary alicyclic amines) is 1. The summed E-state index contributed by atoms with van der Waals surface area (Å²) in [6.45, 7) is 9.91. The van der Waals surface area contributed by atoms with Crippen LogP contribution in [0.1, 0.15) is 68.3 Å². The van der Waals surface area contributed by atoms with E-state index in [1.165, 1.54) is 62.8 Å². The molecule has 1 aliphatic carbocycles. The van der Waals surface area contributed by atoms with Crippen LogP contribution in [0.3, 0.4) is 0 Å². The highest BCUT2D eigenvalue weighted by Gasteiger charge is 2.31. The predicted octanol–water partition coefficient (Wildman–Crippen LogP) is 4.64. The first kappa shape index (κ1) is 28.0. The van der Waals surface area contributed by atoms with Crippen molar-refractivity contribution in [1.82, 2.24) is 19.7 Å². The van der Waals surface area contributed by atoms with Crippen molar-refractivity contribution in [2.45, 2.75) is 77.0 Å². The van der Waals surface area contributed by atoms with E-state index in [1.54, 1.807) is 18.0 Å². The number of hydrogen-bond donors (Lipinski definition) is 1. The Bertz CT molecular complexity index is 1130. The molecule has 1 saturated carbocycles. The fourth-order valence-electron chi connectivity index (χ4n) is 6.54. The lowest BCUT2D eigenvalue weighted by Gasteiger charge is -2.40. The van der Waals surface area contributed by atoms with Crippen LogP contribution in [0.5, 0.6) is 0 Å². The number of halogens is 1. The van der Waals surface area contributed by atoms with Gasteiger partial charge in [0.05, 0.1) is 23.1 Å².